The number of hydrogen-bond acceptors (Lipinski definition) is 6. The molecular formula is C30H35N5O3S. The fraction of sp³-hybridized carbons (Fsp3) is 0.400. The van der Waals surface area contributed by atoms with E-state index in [-0.39, 0.29) is 35.3 Å². The van der Waals surface area contributed by atoms with Crippen LogP contribution < -0.4 is 25.6 Å². The van der Waals surface area contributed by atoms with Gasteiger partial charge < -0.3 is 25.6 Å². The molecule has 4 heterocycles. The summed E-state index contributed by atoms with van der Waals surface area (Å²) in [6.45, 7) is 8.69. The molecule has 0 radical (unpaired) electrons. The van der Waals surface area contributed by atoms with E-state index in [1.807, 2.05) is 77.0 Å². The highest BCUT2D eigenvalue weighted by atomic mass is 32.2. The smallest absolute Gasteiger partial charge is 0.326 e. The van der Waals surface area contributed by atoms with Crippen LogP contribution in [0.2, 0.25) is 0 Å². The molecule has 0 spiro atoms. The van der Waals surface area contributed by atoms with Crippen LogP contribution in [-0.4, -0.2) is 60.5 Å². The molecule has 3 amide bonds. The van der Waals surface area contributed by atoms with E-state index in [4.69, 9.17) is 4.74 Å². The number of urea groups is 1. The highest BCUT2D eigenvalue weighted by Gasteiger charge is 2.50. The van der Waals surface area contributed by atoms with E-state index < -0.39 is 0 Å². The van der Waals surface area contributed by atoms with Gasteiger partial charge in [-0.15, -0.1) is 11.8 Å². The number of nitrogens with one attached hydrogen (secondary N) is 3. The minimum Gasteiger partial charge on any atom is -0.457 e. The summed E-state index contributed by atoms with van der Waals surface area (Å²) in [6.07, 6.45) is 4.30. The summed E-state index contributed by atoms with van der Waals surface area (Å²) in [4.78, 5) is 30.7. The molecule has 6 rings (SSSR count). The summed E-state index contributed by atoms with van der Waals surface area (Å²) in [5.41, 5.74) is 2.97. The molecule has 0 bridgehead atoms. The Morgan fingerprint density at radius 1 is 1.21 bits per heavy atom. The number of rotatable bonds is 7. The number of piperidine rings is 2. The second-order valence-corrected chi connectivity index (χ2v) is 11.8. The Bertz CT molecular complexity index is 1300. The number of hydrogen-bond donors (Lipinski definition) is 3. The van der Waals surface area contributed by atoms with Gasteiger partial charge in [-0.05, 0) is 74.7 Å². The molecule has 4 aliphatic rings. The lowest BCUT2D eigenvalue weighted by atomic mass is 9.86. The Balaban J connectivity index is 1.19. The number of amides is 3. The molecule has 4 aliphatic heterocycles. The average molecular weight is 546 g/mol. The molecule has 0 aliphatic carbocycles. The van der Waals surface area contributed by atoms with Crippen LogP contribution in [0.15, 0.2) is 71.8 Å². The van der Waals surface area contributed by atoms with Crippen molar-refractivity contribution in [3.63, 3.8) is 0 Å². The molecule has 2 aromatic rings. The zero-order valence-corrected chi connectivity index (χ0v) is 23.0. The molecule has 8 nitrogen and oxygen atoms in total. The van der Waals surface area contributed by atoms with Crippen LogP contribution in [0.1, 0.15) is 24.8 Å². The van der Waals surface area contributed by atoms with Crippen molar-refractivity contribution < 1.29 is 14.3 Å². The summed E-state index contributed by atoms with van der Waals surface area (Å²) in [5, 5.41) is 10.8. The van der Waals surface area contributed by atoms with Crippen molar-refractivity contribution in [3.05, 3.63) is 77.4 Å². The summed E-state index contributed by atoms with van der Waals surface area (Å²) < 4.78 is 6.02. The lowest BCUT2D eigenvalue weighted by molar-refractivity contribution is -0.127. The van der Waals surface area contributed by atoms with Crippen molar-refractivity contribution in [1.82, 2.24) is 20.9 Å². The monoisotopic (exact) mass is 545 g/mol. The van der Waals surface area contributed by atoms with E-state index in [1.165, 1.54) is 11.0 Å². The van der Waals surface area contributed by atoms with Gasteiger partial charge in [0.25, 0.3) is 0 Å². The number of carbonyl (C=O) groups excluding carboxylic acids is 2. The third kappa shape index (κ3) is 5.18. The molecule has 0 aromatic heterocycles. The SMILES string of the molecule is C=CC(=O)N1CCC[C@@H](NCC2=C3NC(=O)N(c4ccc(Oc5ccccc5)cc4C)C4CCNC(S2)C34)C1. The molecule has 2 aromatic carbocycles. The minimum absolute atomic E-state index is 0.00794. The topological polar surface area (TPSA) is 85.9 Å². The number of anilines is 1. The molecule has 204 valence electrons. The highest BCUT2D eigenvalue weighted by Crippen LogP contribution is 2.48. The molecule has 0 saturated carbocycles. The maximum atomic E-state index is 13.6. The average Bonchev–Trinajstić information content (AvgIpc) is 3.31. The second-order valence-electron chi connectivity index (χ2n) is 10.6. The van der Waals surface area contributed by atoms with Crippen molar-refractivity contribution in [2.75, 3.05) is 31.1 Å². The van der Waals surface area contributed by atoms with Gasteiger partial charge in [0.2, 0.25) is 5.91 Å². The summed E-state index contributed by atoms with van der Waals surface area (Å²) >= 11 is 1.83. The van der Waals surface area contributed by atoms with E-state index in [0.29, 0.717) is 13.1 Å². The third-order valence-corrected chi connectivity index (χ3v) is 9.45. The van der Waals surface area contributed by atoms with Crippen LogP contribution >= 0.6 is 11.8 Å². The minimum atomic E-state index is -0.0767. The van der Waals surface area contributed by atoms with Gasteiger partial charge in [-0.3, -0.25) is 9.69 Å². The maximum absolute atomic E-state index is 13.6. The molecule has 9 heteroatoms. The quantitative estimate of drug-likeness (QED) is 0.449. The van der Waals surface area contributed by atoms with Crippen LogP contribution in [-0.2, 0) is 4.79 Å². The van der Waals surface area contributed by atoms with E-state index in [2.05, 4.69) is 22.5 Å². The Morgan fingerprint density at radius 2 is 2.05 bits per heavy atom. The molecule has 39 heavy (non-hydrogen) atoms. The van der Waals surface area contributed by atoms with Gasteiger partial charge in [-0.1, -0.05) is 24.8 Å². The highest BCUT2D eigenvalue weighted by molar-refractivity contribution is 8.04. The standard InChI is InChI=1S/C30H35N5O3S/c1-3-26(36)34-15-7-8-20(18-34)32-17-25-28-27-24(13-14-31-29(27)39-25)35(30(37)33-28)23-12-11-22(16-19(23)2)38-21-9-5-4-6-10-21/h3-6,9-12,16,20,24,27,29,31-32H,1,7-8,13-15,17-18H2,2H3,(H,33,37)/t20-,24?,27?,29?/m1/s1. The second kappa shape index (κ2) is 11.1. The Hall–Kier alpha value is -3.27. The molecule has 3 saturated heterocycles. The van der Waals surface area contributed by atoms with E-state index in [9.17, 15) is 9.59 Å². The first-order valence-corrected chi connectivity index (χ1v) is 14.6. The largest absolute Gasteiger partial charge is 0.457 e. The Morgan fingerprint density at radius 3 is 2.85 bits per heavy atom. The number of nitrogens with zero attached hydrogens (tertiary/aromatic N) is 2. The van der Waals surface area contributed by atoms with Crippen molar-refractivity contribution in [1.29, 1.82) is 0 Å². The molecule has 4 atom stereocenters. The third-order valence-electron chi connectivity index (χ3n) is 8.09. The van der Waals surface area contributed by atoms with Crippen molar-refractivity contribution in [3.8, 4) is 11.5 Å². The van der Waals surface area contributed by atoms with E-state index in [0.717, 1.165) is 60.8 Å². The zero-order chi connectivity index (χ0) is 26.9. The summed E-state index contributed by atoms with van der Waals surface area (Å²) in [7, 11) is 0. The number of para-hydroxylation sites is 1. The van der Waals surface area contributed by atoms with Crippen LogP contribution in [0.5, 0.6) is 11.5 Å². The van der Waals surface area contributed by atoms with Gasteiger partial charge in [-0.25, -0.2) is 4.79 Å². The van der Waals surface area contributed by atoms with Gasteiger partial charge in [0.05, 0.1) is 11.4 Å². The van der Waals surface area contributed by atoms with E-state index in [1.54, 1.807) is 0 Å². The van der Waals surface area contributed by atoms with Crippen molar-refractivity contribution in [2.45, 2.75) is 43.6 Å². The lowest BCUT2D eigenvalue weighted by Crippen LogP contribution is -2.62. The zero-order valence-electron chi connectivity index (χ0n) is 22.2. The Labute approximate surface area is 233 Å². The molecule has 3 N–H and O–H groups in total. The summed E-state index contributed by atoms with van der Waals surface area (Å²) in [6, 6.07) is 15.9. The number of ether oxygens (including phenoxy) is 1. The predicted octanol–water partition coefficient (Wildman–Crippen LogP) is 4.35. The number of likely N-dealkylation sites (tertiary alicyclic amines) is 1. The first-order chi connectivity index (χ1) is 19.0. The normalized spacial score (nSPS) is 26.2. The molecule has 3 fully saturated rings. The Kier molecular flexibility index (Phi) is 7.38. The van der Waals surface area contributed by atoms with Crippen molar-refractivity contribution >= 4 is 29.4 Å². The number of aryl methyl sites for hydroxylation is 1. The van der Waals surface area contributed by atoms with Gasteiger partial charge in [0.1, 0.15) is 11.5 Å². The van der Waals surface area contributed by atoms with Gasteiger partial charge in [0, 0.05) is 47.9 Å². The van der Waals surface area contributed by atoms with Gasteiger partial charge in [-0.2, -0.15) is 0 Å². The fourth-order valence-electron chi connectivity index (χ4n) is 6.23. The first-order valence-electron chi connectivity index (χ1n) is 13.7. The van der Waals surface area contributed by atoms with E-state index >= 15 is 0 Å². The maximum Gasteiger partial charge on any atom is 0.326 e. The van der Waals surface area contributed by atoms with Crippen LogP contribution in [0.4, 0.5) is 10.5 Å². The van der Waals surface area contributed by atoms with Crippen LogP contribution in [0, 0.1) is 12.8 Å². The van der Waals surface area contributed by atoms with Crippen LogP contribution in [0.25, 0.3) is 0 Å². The number of benzene rings is 2. The predicted molar refractivity (Wildman–Crippen MR) is 155 cm³/mol. The van der Waals surface area contributed by atoms with Crippen LogP contribution in [0.3, 0.4) is 0 Å². The molecular weight excluding hydrogens is 510 g/mol. The number of thioether (sulfide) groups is 1. The molecule has 3 unspecified atom stereocenters. The van der Waals surface area contributed by atoms with Crippen molar-refractivity contribution in [2.24, 2.45) is 5.92 Å². The summed E-state index contributed by atoms with van der Waals surface area (Å²) in [5.74, 6) is 1.73. The first kappa shape index (κ1) is 26.0. The lowest BCUT2D eigenvalue weighted by Gasteiger charge is -2.46. The van der Waals surface area contributed by atoms with Gasteiger partial charge >= 0.3 is 6.03 Å². The van der Waals surface area contributed by atoms with Gasteiger partial charge in [0.15, 0.2) is 0 Å². The number of carbonyl (C=O) groups is 2. The fourth-order valence-corrected chi connectivity index (χ4v) is 7.69.